The number of carbonyl (C=O) groups is 3. The maximum atomic E-state index is 12.1. The zero-order valence-corrected chi connectivity index (χ0v) is 14.2. The number of aryl methyl sites for hydroxylation is 1. The SMILES string of the molecule is NC(N)=Nc1cccc(C(=O)NCC(=O)Nc2cnc(CCC(=O)O)[nH]2)c1. The number of amides is 2. The summed E-state index contributed by atoms with van der Waals surface area (Å²) < 4.78 is 0. The number of H-pyrrole nitrogens is 1. The van der Waals surface area contributed by atoms with Gasteiger partial charge in [-0.25, -0.2) is 9.98 Å². The molecular formula is C16H19N7O4. The van der Waals surface area contributed by atoms with Gasteiger partial charge in [0.15, 0.2) is 5.96 Å². The minimum Gasteiger partial charge on any atom is -0.481 e. The van der Waals surface area contributed by atoms with Gasteiger partial charge in [-0.15, -0.1) is 0 Å². The van der Waals surface area contributed by atoms with E-state index in [4.69, 9.17) is 16.6 Å². The average Bonchev–Trinajstić information content (AvgIpc) is 3.05. The predicted octanol–water partition coefficient (Wildman–Crippen LogP) is -0.300. The van der Waals surface area contributed by atoms with Crippen LogP contribution in [0.1, 0.15) is 22.6 Å². The summed E-state index contributed by atoms with van der Waals surface area (Å²) in [4.78, 5) is 45.2. The van der Waals surface area contributed by atoms with Crippen LogP contribution in [0.3, 0.4) is 0 Å². The van der Waals surface area contributed by atoms with E-state index in [9.17, 15) is 14.4 Å². The third-order valence-electron chi connectivity index (χ3n) is 3.25. The number of aromatic amines is 1. The lowest BCUT2D eigenvalue weighted by molar-refractivity contribution is -0.137. The molecule has 0 fully saturated rings. The van der Waals surface area contributed by atoms with Gasteiger partial charge < -0.3 is 32.2 Å². The van der Waals surface area contributed by atoms with E-state index in [2.05, 4.69) is 25.6 Å². The number of imidazole rings is 1. The highest BCUT2D eigenvalue weighted by Gasteiger charge is 2.10. The number of carboxylic acid groups (broad SMARTS) is 1. The lowest BCUT2D eigenvalue weighted by atomic mass is 10.2. The van der Waals surface area contributed by atoms with E-state index in [-0.39, 0.29) is 25.3 Å². The van der Waals surface area contributed by atoms with E-state index >= 15 is 0 Å². The fourth-order valence-electron chi connectivity index (χ4n) is 2.10. The van der Waals surface area contributed by atoms with Gasteiger partial charge in [0.1, 0.15) is 11.6 Å². The number of guanidine groups is 1. The molecule has 0 saturated carbocycles. The van der Waals surface area contributed by atoms with Gasteiger partial charge in [-0.1, -0.05) is 6.07 Å². The number of aliphatic imine (C=N–C) groups is 1. The van der Waals surface area contributed by atoms with Crippen LogP contribution in [0.4, 0.5) is 11.5 Å². The molecule has 0 bridgehead atoms. The Balaban J connectivity index is 1.85. The van der Waals surface area contributed by atoms with Crippen molar-refractivity contribution in [3.05, 3.63) is 41.9 Å². The number of carbonyl (C=O) groups excluding carboxylic acids is 2. The Morgan fingerprint density at radius 2 is 2.04 bits per heavy atom. The summed E-state index contributed by atoms with van der Waals surface area (Å²) in [6.07, 6.45) is 1.51. The summed E-state index contributed by atoms with van der Waals surface area (Å²) in [6.45, 7) is -0.269. The van der Waals surface area contributed by atoms with Gasteiger partial charge in [-0.3, -0.25) is 14.4 Å². The van der Waals surface area contributed by atoms with Gasteiger partial charge in [0.25, 0.3) is 5.91 Å². The van der Waals surface area contributed by atoms with Crippen LogP contribution >= 0.6 is 0 Å². The van der Waals surface area contributed by atoms with Crippen LogP contribution in [-0.2, 0) is 16.0 Å². The first-order chi connectivity index (χ1) is 12.8. The summed E-state index contributed by atoms with van der Waals surface area (Å²) in [5, 5.41) is 13.6. The largest absolute Gasteiger partial charge is 0.481 e. The molecule has 0 spiro atoms. The van der Waals surface area contributed by atoms with Gasteiger partial charge in [0.2, 0.25) is 5.91 Å². The molecule has 11 heteroatoms. The second kappa shape index (κ2) is 8.99. The monoisotopic (exact) mass is 373 g/mol. The van der Waals surface area contributed by atoms with Crippen molar-refractivity contribution in [1.29, 1.82) is 0 Å². The number of hydrogen-bond donors (Lipinski definition) is 6. The molecule has 0 atom stereocenters. The number of nitrogens with zero attached hydrogens (tertiary/aromatic N) is 2. The molecule has 2 rings (SSSR count). The Morgan fingerprint density at radius 3 is 2.74 bits per heavy atom. The van der Waals surface area contributed by atoms with Gasteiger partial charge in [0, 0.05) is 12.0 Å². The third kappa shape index (κ3) is 6.49. The minimum atomic E-state index is -0.941. The smallest absolute Gasteiger partial charge is 0.303 e. The highest BCUT2D eigenvalue weighted by Crippen LogP contribution is 2.13. The molecule has 0 radical (unpaired) electrons. The maximum Gasteiger partial charge on any atom is 0.303 e. The molecule has 0 saturated heterocycles. The van der Waals surface area contributed by atoms with E-state index in [1.54, 1.807) is 18.2 Å². The van der Waals surface area contributed by atoms with E-state index in [0.29, 0.717) is 22.9 Å². The van der Waals surface area contributed by atoms with Crippen molar-refractivity contribution in [2.45, 2.75) is 12.8 Å². The highest BCUT2D eigenvalue weighted by atomic mass is 16.4. The molecule has 0 aliphatic carbocycles. The molecule has 142 valence electrons. The van der Waals surface area contributed by atoms with Crippen LogP contribution in [-0.4, -0.2) is 45.4 Å². The second-order valence-corrected chi connectivity index (χ2v) is 5.46. The lowest BCUT2D eigenvalue weighted by Gasteiger charge is -2.06. The van der Waals surface area contributed by atoms with Gasteiger partial charge in [-0.2, -0.15) is 0 Å². The van der Waals surface area contributed by atoms with E-state index in [1.807, 2.05) is 0 Å². The Labute approximate surface area is 153 Å². The quantitative estimate of drug-likeness (QED) is 0.270. The third-order valence-corrected chi connectivity index (χ3v) is 3.25. The van der Waals surface area contributed by atoms with Crippen LogP contribution in [0.2, 0.25) is 0 Å². The molecule has 0 aliphatic rings. The van der Waals surface area contributed by atoms with E-state index < -0.39 is 17.8 Å². The number of aliphatic carboxylic acids is 1. The molecule has 0 aliphatic heterocycles. The number of nitrogens with two attached hydrogens (primary N) is 2. The predicted molar refractivity (Wildman–Crippen MR) is 97.4 cm³/mol. The van der Waals surface area contributed by atoms with Crippen molar-refractivity contribution < 1.29 is 19.5 Å². The zero-order chi connectivity index (χ0) is 19.8. The summed E-state index contributed by atoms with van der Waals surface area (Å²) in [5.41, 5.74) is 11.3. The van der Waals surface area contributed by atoms with Crippen LogP contribution < -0.4 is 22.1 Å². The molecule has 0 unspecified atom stereocenters. The second-order valence-electron chi connectivity index (χ2n) is 5.46. The average molecular weight is 373 g/mol. The molecule has 2 amide bonds. The molecule has 2 aromatic rings. The van der Waals surface area contributed by atoms with Crippen molar-refractivity contribution in [1.82, 2.24) is 15.3 Å². The zero-order valence-electron chi connectivity index (χ0n) is 14.2. The number of carboxylic acids is 1. The maximum absolute atomic E-state index is 12.1. The van der Waals surface area contributed by atoms with Crippen LogP contribution in [0.15, 0.2) is 35.5 Å². The minimum absolute atomic E-state index is 0.0735. The van der Waals surface area contributed by atoms with Crippen LogP contribution in [0, 0.1) is 0 Å². The molecule has 11 nitrogen and oxygen atoms in total. The Morgan fingerprint density at radius 1 is 1.26 bits per heavy atom. The topological polar surface area (TPSA) is 189 Å². The Bertz CT molecular complexity index is 871. The van der Waals surface area contributed by atoms with Gasteiger partial charge >= 0.3 is 5.97 Å². The van der Waals surface area contributed by atoms with Crippen molar-refractivity contribution >= 4 is 35.2 Å². The number of nitrogens with one attached hydrogen (secondary N) is 3. The fraction of sp³-hybridized carbons (Fsp3) is 0.188. The van der Waals surface area contributed by atoms with Gasteiger partial charge in [0.05, 0.1) is 24.8 Å². The Hall–Kier alpha value is -3.89. The summed E-state index contributed by atoms with van der Waals surface area (Å²) in [6, 6.07) is 6.28. The molecule has 8 N–H and O–H groups in total. The van der Waals surface area contributed by atoms with E-state index in [0.717, 1.165) is 0 Å². The summed E-state index contributed by atoms with van der Waals surface area (Å²) in [7, 11) is 0. The van der Waals surface area contributed by atoms with Crippen molar-refractivity contribution in [3.8, 4) is 0 Å². The molecule has 27 heavy (non-hydrogen) atoms. The summed E-state index contributed by atoms with van der Waals surface area (Å²) >= 11 is 0. The lowest BCUT2D eigenvalue weighted by Crippen LogP contribution is -2.32. The number of anilines is 1. The summed E-state index contributed by atoms with van der Waals surface area (Å²) in [5.74, 6) is -1.27. The first kappa shape index (κ1) is 19.4. The number of rotatable bonds is 8. The number of benzene rings is 1. The Kier molecular flexibility index (Phi) is 6.47. The molecule has 1 aromatic carbocycles. The van der Waals surface area contributed by atoms with Crippen molar-refractivity contribution in [2.24, 2.45) is 16.5 Å². The normalized spacial score (nSPS) is 10.1. The number of hydrogen-bond acceptors (Lipinski definition) is 5. The standard InChI is InChI=1S/C16H19N7O4/c17-16(18)21-10-3-1-2-9(6-10)15(27)20-8-13(24)23-12-7-19-11(22-12)4-5-14(25)26/h1-3,6-7H,4-5,8H2,(H,19,22)(H,20,27)(H,23,24)(H,25,26)(H4,17,18,21). The van der Waals surface area contributed by atoms with Crippen LogP contribution in [0.25, 0.3) is 0 Å². The van der Waals surface area contributed by atoms with E-state index in [1.165, 1.54) is 12.3 Å². The van der Waals surface area contributed by atoms with Crippen molar-refractivity contribution in [2.75, 3.05) is 11.9 Å². The highest BCUT2D eigenvalue weighted by molar-refractivity contribution is 5.99. The first-order valence-corrected chi connectivity index (χ1v) is 7.87. The fourth-order valence-corrected chi connectivity index (χ4v) is 2.10. The molecule has 1 heterocycles. The van der Waals surface area contributed by atoms with Gasteiger partial charge in [-0.05, 0) is 18.2 Å². The number of aromatic nitrogens is 2. The van der Waals surface area contributed by atoms with Crippen molar-refractivity contribution in [3.63, 3.8) is 0 Å². The van der Waals surface area contributed by atoms with Crippen LogP contribution in [0.5, 0.6) is 0 Å². The molecule has 1 aromatic heterocycles. The molecular weight excluding hydrogens is 354 g/mol. The first-order valence-electron chi connectivity index (χ1n) is 7.87.